The van der Waals surface area contributed by atoms with E-state index in [2.05, 4.69) is 20.8 Å². The number of ether oxygens (including phenoxy) is 7. The van der Waals surface area contributed by atoms with Crippen LogP contribution in [0.2, 0.25) is 0 Å². The van der Waals surface area contributed by atoms with Crippen LogP contribution in [0.5, 0.6) is 0 Å². The Morgan fingerprint density at radius 1 is 0.432 bits per heavy atom. The first kappa shape index (κ1) is 86.7. The minimum Gasteiger partial charge on any atom is -0.462 e. The Morgan fingerprint density at radius 3 is 1.24 bits per heavy atom. The highest BCUT2D eigenvalue weighted by molar-refractivity contribution is 7.47. The van der Waals surface area contributed by atoms with Gasteiger partial charge in [-0.2, -0.15) is 0 Å². The lowest BCUT2D eigenvalue weighted by atomic mass is 9.84. The monoisotopic (exact) mass is 1380 g/mol. The van der Waals surface area contributed by atoms with E-state index in [1.807, 2.05) is 6.08 Å². The van der Waals surface area contributed by atoms with Crippen LogP contribution in [-0.2, 0) is 61.2 Å². The number of phosphoric acid groups is 1. The van der Waals surface area contributed by atoms with Crippen molar-refractivity contribution in [1.29, 1.82) is 0 Å². The van der Waals surface area contributed by atoms with Gasteiger partial charge in [0.25, 0.3) is 0 Å². The molecule has 18 unspecified atom stereocenters. The molecule has 2 aliphatic heterocycles. The zero-order valence-corrected chi connectivity index (χ0v) is 58.6. The van der Waals surface area contributed by atoms with Gasteiger partial charge in [-0.1, -0.05) is 251 Å². The van der Waals surface area contributed by atoms with Gasteiger partial charge in [0, 0.05) is 18.9 Å². The Bertz CT molecular complexity index is 2070. The molecule has 0 bridgehead atoms. The second-order valence-electron chi connectivity index (χ2n) is 26.4. The molecule has 95 heavy (non-hydrogen) atoms. The number of aliphatic hydroxyl groups is 10. The van der Waals surface area contributed by atoms with Gasteiger partial charge in [0.1, 0.15) is 98.7 Å². The topological polar surface area (TPSA) is 374 Å². The zero-order chi connectivity index (χ0) is 69.6. The van der Waals surface area contributed by atoms with Crippen molar-refractivity contribution in [3.05, 3.63) is 24.3 Å². The molecule has 3 rings (SSSR count). The Balaban J connectivity index is 1.76. The number of allylic oxidation sites excluding steroid dienone is 3. The van der Waals surface area contributed by atoms with Crippen LogP contribution in [0.15, 0.2) is 24.3 Å². The maximum atomic E-state index is 14.3. The quantitative estimate of drug-likeness (QED) is 0.00674. The second kappa shape index (κ2) is 52.4. The van der Waals surface area contributed by atoms with Gasteiger partial charge < -0.3 is 89.1 Å². The number of carbonyl (C=O) groups excluding carboxylic acids is 3. The predicted octanol–water partition coefficient (Wildman–Crippen LogP) is 9.35. The summed E-state index contributed by atoms with van der Waals surface area (Å²) in [6.07, 6.45) is 11.8. The molecule has 1 aliphatic carbocycles. The van der Waals surface area contributed by atoms with E-state index in [4.69, 9.17) is 42.2 Å². The molecule has 18 atom stereocenters. The third-order valence-electron chi connectivity index (χ3n) is 18.1. The number of phosphoric ester groups is 1. The lowest BCUT2D eigenvalue weighted by Gasteiger charge is -2.49. The summed E-state index contributed by atoms with van der Waals surface area (Å²) in [6.45, 7) is 3.34. The van der Waals surface area contributed by atoms with Gasteiger partial charge in [-0.25, -0.2) is 9.36 Å². The maximum absolute atomic E-state index is 14.3. The summed E-state index contributed by atoms with van der Waals surface area (Å²) in [4.78, 5) is 50.8. The highest BCUT2D eigenvalue weighted by Gasteiger charge is 2.58. The smallest absolute Gasteiger partial charge is 0.462 e. The third kappa shape index (κ3) is 36.1. The molecule has 25 heteroatoms. The summed E-state index contributed by atoms with van der Waals surface area (Å²) in [7, 11) is -5.70. The predicted molar refractivity (Wildman–Crippen MR) is 356 cm³/mol. The van der Waals surface area contributed by atoms with Crippen molar-refractivity contribution in [3.63, 3.8) is 0 Å². The number of rotatable bonds is 56. The molecular formula is C70H127O24P. The second-order valence-corrected chi connectivity index (χ2v) is 27.8. The van der Waals surface area contributed by atoms with Crippen molar-refractivity contribution < 1.29 is 117 Å². The van der Waals surface area contributed by atoms with Crippen LogP contribution in [0, 0.1) is 0 Å². The Kier molecular flexibility index (Phi) is 47.8. The fourth-order valence-corrected chi connectivity index (χ4v) is 13.0. The van der Waals surface area contributed by atoms with Crippen LogP contribution < -0.4 is 0 Å². The highest BCUT2D eigenvalue weighted by atomic mass is 31.2. The number of esters is 3. The highest BCUT2D eigenvalue weighted by Crippen LogP contribution is 2.49. The largest absolute Gasteiger partial charge is 0.472 e. The molecule has 0 aromatic rings. The van der Waals surface area contributed by atoms with Gasteiger partial charge in [-0.05, 0) is 25.7 Å². The minimum absolute atomic E-state index is 0.0389. The van der Waals surface area contributed by atoms with Crippen molar-refractivity contribution in [2.24, 2.45) is 0 Å². The van der Waals surface area contributed by atoms with E-state index in [1.165, 1.54) is 141 Å². The van der Waals surface area contributed by atoms with Crippen LogP contribution in [0.25, 0.3) is 0 Å². The van der Waals surface area contributed by atoms with E-state index >= 15 is 0 Å². The van der Waals surface area contributed by atoms with Crippen LogP contribution in [0.3, 0.4) is 0 Å². The van der Waals surface area contributed by atoms with Crippen molar-refractivity contribution in [1.82, 2.24) is 0 Å². The molecule has 0 spiro atoms. The third-order valence-corrected chi connectivity index (χ3v) is 19.1. The van der Waals surface area contributed by atoms with E-state index in [0.29, 0.717) is 12.8 Å². The Hall–Kier alpha value is -2.56. The molecule has 2 saturated heterocycles. The molecule has 3 aliphatic rings. The maximum Gasteiger partial charge on any atom is 0.472 e. The molecule has 2 heterocycles. The molecule has 1 saturated carbocycles. The molecular weight excluding hydrogens is 1260 g/mol. The minimum atomic E-state index is -5.70. The van der Waals surface area contributed by atoms with Crippen molar-refractivity contribution >= 4 is 25.7 Å². The Labute approximate surface area is 566 Å². The van der Waals surface area contributed by atoms with E-state index in [0.717, 1.165) is 96.0 Å². The van der Waals surface area contributed by atoms with Gasteiger partial charge in [0.15, 0.2) is 18.7 Å². The summed E-state index contributed by atoms with van der Waals surface area (Å²) in [5.41, 5.74) is 0. The molecule has 556 valence electrons. The first-order valence-corrected chi connectivity index (χ1v) is 38.2. The van der Waals surface area contributed by atoms with Crippen molar-refractivity contribution in [3.8, 4) is 0 Å². The summed E-state index contributed by atoms with van der Waals surface area (Å²) in [5.74, 6) is -2.22. The van der Waals surface area contributed by atoms with E-state index in [1.54, 1.807) is 6.08 Å². The molecule has 0 amide bonds. The fourth-order valence-electron chi connectivity index (χ4n) is 12.1. The number of aliphatic hydroxyl groups excluding tert-OH is 10. The van der Waals surface area contributed by atoms with Gasteiger partial charge in [0.2, 0.25) is 0 Å². The SMILES string of the molecule is CCCCCCCCCCCCC/C=C/C=C/C(=O)OCC1OC(OC2C(O)C(O)C(O)C(OC3OC(CO)C(O)C(O)C3O)C2OP(=O)(O)OCC(COC(=O)CCCCCCCCCCCCCC)OC(=O)CCCCCCCCCCCCCCC)C(O)C(O)C1O. The first-order valence-electron chi connectivity index (χ1n) is 36.7. The molecule has 11 N–H and O–H groups in total. The van der Waals surface area contributed by atoms with E-state index < -0.39 is 156 Å². The van der Waals surface area contributed by atoms with Gasteiger partial charge >= 0.3 is 25.7 Å². The van der Waals surface area contributed by atoms with Gasteiger partial charge in [0.05, 0.1) is 13.2 Å². The summed E-state index contributed by atoms with van der Waals surface area (Å²) in [6, 6.07) is 0. The molecule has 0 radical (unpaired) electrons. The molecule has 0 aromatic heterocycles. The summed E-state index contributed by atoms with van der Waals surface area (Å²) >= 11 is 0. The van der Waals surface area contributed by atoms with Crippen molar-refractivity contribution in [2.45, 2.75) is 375 Å². The standard InChI is InChI=1S/C70H127O24P/c1-4-7-10-13-16-19-22-25-26-28-30-33-36-39-42-45-55(73)87-50-53-58(76)60(78)65(83)70(91-53)93-67-63(81)61(79)62(80)66(92-69-64(82)59(77)57(75)52(47-71)90-69)68(67)94-95(84,85)88-49-51(48-86-54(72)44-41-38-35-32-29-24-21-18-15-12-9-6-3)89-56(74)46-43-40-37-34-31-27-23-20-17-14-11-8-5-2/h36,39,42,45,51-53,57-71,75-83H,4-35,37-38,40-41,43-44,46-50H2,1-3H3,(H,84,85)/b39-36+,45-42+. The number of carbonyl (C=O) groups is 3. The average molecular weight is 1380 g/mol. The number of hydrogen-bond acceptors (Lipinski definition) is 23. The lowest BCUT2D eigenvalue weighted by molar-refractivity contribution is -0.360. The molecule has 3 fully saturated rings. The molecule has 0 aromatic carbocycles. The summed E-state index contributed by atoms with van der Waals surface area (Å²) in [5, 5.41) is 110. The number of hydrogen-bond donors (Lipinski definition) is 11. The first-order chi connectivity index (χ1) is 45.8. The van der Waals surface area contributed by atoms with Crippen LogP contribution >= 0.6 is 7.82 Å². The van der Waals surface area contributed by atoms with Gasteiger partial charge in [-0.15, -0.1) is 0 Å². The van der Waals surface area contributed by atoms with E-state index in [9.17, 15) is 74.9 Å². The number of unbranched alkanes of at least 4 members (excludes halogenated alkanes) is 34. The molecule has 24 nitrogen and oxygen atoms in total. The van der Waals surface area contributed by atoms with Crippen LogP contribution in [0.4, 0.5) is 0 Å². The van der Waals surface area contributed by atoms with Crippen molar-refractivity contribution in [2.75, 3.05) is 26.4 Å². The normalized spacial score (nSPS) is 28.2. The Morgan fingerprint density at radius 2 is 0.811 bits per heavy atom. The summed E-state index contributed by atoms with van der Waals surface area (Å²) < 4.78 is 64.7. The average Bonchev–Trinajstić information content (AvgIpc) is 0.764. The zero-order valence-electron chi connectivity index (χ0n) is 57.7. The fraction of sp³-hybridized carbons (Fsp3) is 0.900. The van der Waals surface area contributed by atoms with Crippen LogP contribution in [-0.4, -0.2) is 204 Å². The van der Waals surface area contributed by atoms with E-state index in [-0.39, 0.29) is 12.8 Å². The lowest BCUT2D eigenvalue weighted by Crippen LogP contribution is -2.69. The van der Waals surface area contributed by atoms with Gasteiger partial charge in [-0.3, -0.25) is 18.6 Å². The van der Waals surface area contributed by atoms with Crippen LogP contribution in [0.1, 0.15) is 271 Å².